The first-order valence-corrected chi connectivity index (χ1v) is 18.8. The van der Waals surface area contributed by atoms with Gasteiger partial charge in [0, 0.05) is 40.2 Å². The Hall–Kier alpha value is -7.50. The lowest BCUT2D eigenvalue weighted by Crippen LogP contribution is -2.32. The molecule has 2 aliphatic rings. The van der Waals surface area contributed by atoms with Gasteiger partial charge in [0.2, 0.25) is 0 Å². The second-order valence-corrected chi connectivity index (χ2v) is 14.2. The number of hydrogen-bond acceptors (Lipinski definition) is 5. The lowest BCUT2D eigenvalue weighted by molar-refractivity contribution is 0.436. The molecule has 56 heavy (non-hydrogen) atoms. The van der Waals surface area contributed by atoms with Crippen LogP contribution in [-0.4, -0.2) is 19.9 Å². The zero-order chi connectivity index (χ0) is 37.1. The summed E-state index contributed by atoms with van der Waals surface area (Å²) < 4.78 is 6.57. The van der Waals surface area contributed by atoms with Crippen LogP contribution in [-0.2, 0) is 5.41 Å². The average Bonchev–Trinajstić information content (AvgIpc) is 3.57. The van der Waals surface area contributed by atoms with E-state index >= 15 is 0 Å². The first-order chi connectivity index (χ1) is 27.7. The van der Waals surface area contributed by atoms with Crippen LogP contribution < -0.4 is 4.74 Å². The Kier molecular flexibility index (Phi) is 7.32. The van der Waals surface area contributed by atoms with Crippen molar-refractivity contribution in [2.45, 2.75) is 5.41 Å². The van der Waals surface area contributed by atoms with Gasteiger partial charge in [-0.3, -0.25) is 4.98 Å². The van der Waals surface area contributed by atoms with Gasteiger partial charge in [0.05, 0.1) is 5.41 Å². The predicted molar refractivity (Wildman–Crippen MR) is 222 cm³/mol. The third-order valence-corrected chi connectivity index (χ3v) is 11.1. The zero-order valence-corrected chi connectivity index (χ0v) is 30.2. The number of pyridine rings is 1. The number of benzene rings is 7. The molecule has 9 aromatic rings. The molecule has 0 N–H and O–H groups in total. The Bertz CT molecular complexity index is 2900. The highest BCUT2D eigenvalue weighted by Gasteiger charge is 2.51. The maximum Gasteiger partial charge on any atom is 0.164 e. The van der Waals surface area contributed by atoms with Gasteiger partial charge in [-0.25, -0.2) is 15.0 Å². The van der Waals surface area contributed by atoms with Crippen molar-refractivity contribution in [3.63, 3.8) is 0 Å². The normalized spacial score (nSPS) is 12.9. The summed E-state index contributed by atoms with van der Waals surface area (Å²) in [4.78, 5) is 19.7. The van der Waals surface area contributed by atoms with Crippen LogP contribution in [0.15, 0.2) is 194 Å². The summed E-state index contributed by atoms with van der Waals surface area (Å²) >= 11 is 0. The van der Waals surface area contributed by atoms with Crippen LogP contribution in [0.1, 0.15) is 22.3 Å². The monoisotopic (exact) mass is 716 g/mol. The van der Waals surface area contributed by atoms with E-state index in [0.29, 0.717) is 17.5 Å². The van der Waals surface area contributed by atoms with Crippen molar-refractivity contribution in [3.8, 4) is 79.0 Å². The third-order valence-electron chi connectivity index (χ3n) is 11.1. The van der Waals surface area contributed by atoms with Gasteiger partial charge >= 0.3 is 0 Å². The van der Waals surface area contributed by atoms with Crippen molar-refractivity contribution in [1.82, 2.24) is 19.9 Å². The van der Waals surface area contributed by atoms with Crippen LogP contribution in [0.4, 0.5) is 0 Å². The molecule has 0 saturated heterocycles. The standard InChI is InChI=1S/C51H32N4O/c1-2-11-36(12-3-1)48-53-49(38-14-10-13-37(31-38)34-23-21-33(22-24-34)35-27-29-52-30-28-35)55-50(54-48)39-25-26-41-40-15-4-5-16-42(40)51(45(41)32-39)43-17-6-8-19-46(43)56-47-20-9-7-18-44(47)51/h1-32H. The molecule has 1 aliphatic heterocycles. The Morgan fingerprint density at radius 3 is 1.50 bits per heavy atom. The highest BCUT2D eigenvalue weighted by molar-refractivity contribution is 5.90. The molecule has 262 valence electrons. The van der Waals surface area contributed by atoms with E-state index < -0.39 is 5.41 Å². The molecular formula is C51H32N4O. The molecule has 0 radical (unpaired) electrons. The zero-order valence-electron chi connectivity index (χ0n) is 30.2. The lowest BCUT2D eigenvalue weighted by atomic mass is 9.66. The summed E-state index contributed by atoms with van der Waals surface area (Å²) in [5.74, 6) is 3.57. The minimum atomic E-state index is -0.591. The summed E-state index contributed by atoms with van der Waals surface area (Å²) in [5, 5.41) is 0. The van der Waals surface area contributed by atoms with E-state index in [-0.39, 0.29) is 0 Å². The number of aromatic nitrogens is 4. The summed E-state index contributed by atoms with van der Waals surface area (Å²) in [5.41, 5.74) is 13.7. The van der Waals surface area contributed by atoms with Gasteiger partial charge in [0.15, 0.2) is 17.5 Å². The topological polar surface area (TPSA) is 60.8 Å². The molecule has 0 saturated carbocycles. The van der Waals surface area contributed by atoms with Gasteiger partial charge < -0.3 is 4.74 Å². The van der Waals surface area contributed by atoms with E-state index in [9.17, 15) is 0 Å². The summed E-state index contributed by atoms with van der Waals surface area (Å²) in [7, 11) is 0. The number of nitrogens with zero attached hydrogens (tertiary/aromatic N) is 4. The highest BCUT2D eigenvalue weighted by Crippen LogP contribution is 2.62. The van der Waals surface area contributed by atoms with E-state index in [1.54, 1.807) is 0 Å². The van der Waals surface area contributed by atoms with Crippen molar-refractivity contribution in [2.75, 3.05) is 0 Å². The number of rotatable bonds is 5. The van der Waals surface area contributed by atoms with Crippen molar-refractivity contribution < 1.29 is 4.74 Å². The molecule has 0 unspecified atom stereocenters. The minimum Gasteiger partial charge on any atom is -0.457 e. The molecule has 7 aromatic carbocycles. The van der Waals surface area contributed by atoms with E-state index in [2.05, 4.69) is 132 Å². The van der Waals surface area contributed by atoms with Crippen LogP contribution in [0.3, 0.4) is 0 Å². The van der Waals surface area contributed by atoms with Gasteiger partial charge in [0.25, 0.3) is 0 Å². The Morgan fingerprint density at radius 2 is 0.804 bits per heavy atom. The molecule has 0 bridgehead atoms. The second kappa shape index (κ2) is 12.8. The molecule has 2 aromatic heterocycles. The molecular weight excluding hydrogens is 685 g/mol. The quantitative estimate of drug-likeness (QED) is 0.177. The lowest BCUT2D eigenvalue weighted by Gasteiger charge is -2.39. The van der Waals surface area contributed by atoms with Crippen LogP contribution in [0, 0.1) is 0 Å². The third kappa shape index (κ3) is 5.02. The number of ether oxygens (including phenoxy) is 1. The second-order valence-electron chi connectivity index (χ2n) is 14.2. The van der Waals surface area contributed by atoms with Crippen LogP contribution in [0.2, 0.25) is 0 Å². The molecule has 11 rings (SSSR count). The van der Waals surface area contributed by atoms with Gasteiger partial charge in [-0.15, -0.1) is 0 Å². The van der Waals surface area contributed by atoms with E-state index in [1.165, 1.54) is 22.3 Å². The minimum absolute atomic E-state index is 0.591. The Labute approximate surface area is 324 Å². The molecule has 5 nitrogen and oxygen atoms in total. The first kappa shape index (κ1) is 32.0. The van der Waals surface area contributed by atoms with Gasteiger partial charge in [-0.2, -0.15) is 0 Å². The molecule has 5 heteroatoms. The maximum atomic E-state index is 6.57. The Morgan fingerprint density at radius 1 is 0.321 bits per heavy atom. The van der Waals surface area contributed by atoms with E-state index in [4.69, 9.17) is 19.7 Å². The summed E-state index contributed by atoms with van der Waals surface area (Å²) in [6, 6.07) is 63.6. The molecule has 0 atom stereocenters. The summed E-state index contributed by atoms with van der Waals surface area (Å²) in [6.07, 6.45) is 3.64. The van der Waals surface area contributed by atoms with Crippen molar-refractivity contribution in [2.24, 2.45) is 0 Å². The van der Waals surface area contributed by atoms with Gasteiger partial charge in [-0.1, -0.05) is 146 Å². The van der Waals surface area contributed by atoms with Crippen molar-refractivity contribution in [1.29, 1.82) is 0 Å². The van der Waals surface area contributed by atoms with Gasteiger partial charge in [-0.05, 0) is 80.9 Å². The molecule has 3 heterocycles. The fourth-order valence-electron chi connectivity index (χ4n) is 8.58. The van der Waals surface area contributed by atoms with Crippen LogP contribution in [0.5, 0.6) is 11.5 Å². The first-order valence-electron chi connectivity index (χ1n) is 18.8. The predicted octanol–water partition coefficient (Wildman–Crippen LogP) is 12.1. The maximum absolute atomic E-state index is 6.57. The van der Waals surface area contributed by atoms with Crippen LogP contribution in [0.25, 0.3) is 67.5 Å². The molecule has 0 amide bonds. The average molecular weight is 717 g/mol. The fourth-order valence-corrected chi connectivity index (χ4v) is 8.58. The number of fused-ring (bicyclic) bond motifs is 9. The molecule has 1 spiro atoms. The smallest absolute Gasteiger partial charge is 0.164 e. The number of hydrogen-bond donors (Lipinski definition) is 0. The molecule has 1 aliphatic carbocycles. The van der Waals surface area contributed by atoms with E-state index in [1.807, 2.05) is 67.0 Å². The highest BCUT2D eigenvalue weighted by atomic mass is 16.5. The number of para-hydroxylation sites is 2. The fraction of sp³-hybridized carbons (Fsp3) is 0.0196. The SMILES string of the molecule is c1ccc(-c2nc(-c3cccc(-c4ccc(-c5ccncc5)cc4)c3)nc(-c3ccc4c(c3)C3(c5ccccc5Oc5ccccc53)c3ccccc3-4)n2)cc1. The van der Waals surface area contributed by atoms with Crippen LogP contribution >= 0.6 is 0 Å². The van der Waals surface area contributed by atoms with Gasteiger partial charge in [0.1, 0.15) is 11.5 Å². The van der Waals surface area contributed by atoms with E-state index in [0.717, 1.165) is 61.6 Å². The Balaban J connectivity index is 1.08. The van der Waals surface area contributed by atoms with Crippen molar-refractivity contribution in [3.05, 3.63) is 217 Å². The molecule has 0 fully saturated rings. The summed E-state index contributed by atoms with van der Waals surface area (Å²) in [6.45, 7) is 0. The van der Waals surface area contributed by atoms with Crippen molar-refractivity contribution >= 4 is 0 Å². The largest absolute Gasteiger partial charge is 0.457 e.